The summed E-state index contributed by atoms with van der Waals surface area (Å²) in [6.45, 7) is 0. The van der Waals surface area contributed by atoms with E-state index in [-0.39, 0.29) is 11.4 Å². The molecule has 0 atom stereocenters. The zero-order valence-electron chi connectivity index (χ0n) is 11.9. The van der Waals surface area contributed by atoms with Crippen molar-refractivity contribution in [2.24, 2.45) is 0 Å². The molecular weight excluding hydrogens is 359 g/mol. The van der Waals surface area contributed by atoms with Gasteiger partial charge in [0.1, 0.15) is 17.4 Å². The Hall–Kier alpha value is -2.37. The van der Waals surface area contributed by atoms with E-state index in [1.165, 1.54) is 6.07 Å². The Kier molecular flexibility index (Phi) is 4.55. The van der Waals surface area contributed by atoms with E-state index in [2.05, 4.69) is 5.32 Å². The average Bonchev–Trinajstić information content (AvgIpc) is 3.03. The van der Waals surface area contributed by atoms with Gasteiger partial charge in [0.05, 0.1) is 15.7 Å². The fraction of sp³-hybridized carbons (Fsp3) is 0. The molecule has 1 N–H and O–H groups in total. The van der Waals surface area contributed by atoms with Crippen LogP contribution in [-0.2, 0) is 0 Å². The van der Waals surface area contributed by atoms with Crippen molar-refractivity contribution in [2.45, 2.75) is 0 Å². The summed E-state index contributed by atoms with van der Waals surface area (Å²) < 4.78 is 31.9. The van der Waals surface area contributed by atoms with Gasteiger partial charge in [-0.2, -0.15) is 0 Å². The summed E-state index contributed by atoms with van der Waals surface area (Å²) in [5.41, 5.74) is 0.491. The molecule has 0 aliphatic carbocycles. The fourth-order valence-corrected chi connectivity index (χ4v) is 2.34. The highest BCUT2D eigenvalue weighted by Crippen LogP contribution is 2.29. The molecule has 0 saturated carbocycles. The van der Waals surface area contributed by atoms with Gasteiger partial charge in [0.25, 0.3) is 5.91 Å². The van der Waals surface area contributed by atoms with Crippen LogP contribution in [0.15, 0.2) is 52.9 Å². The van der Waals surface area contributed by atoms with Crippen molar-refractivity contribution < 1.29 is 18.0 Å². The molecule has 24 heavy (non-hydrogen) atoms. The molecule has 2 aromatic carbocycles. The summed E-state index contributed by atoms with van der Waals surface area (Å²) in [5, 5.41) is 3.07. The Labute approximate surface area is 145 Å². The Morgan fingerprint density at radius 1 is 0.958 bits per heavy atom. The molecule has 1 heterocycles. The summed E-state index contributed by atoms with van der Waals surface area (Å²) in [5.74, 6) is -1.89. The van der Waals surface area contributed by atoms with Crippen molar-refractivity contribution in [1.82, 2.24) is 0 Å². The van der Waals surface area contributed by atoms with E-state index in [9.17, 15) is 13.6 Å². The van der Waals surface area contributed by atoms with Gasteiger partial charge in [0.2, 0.25) is 0 Å². The predicted octanol–water partition coefficient (Wildman–Crippen LogP) is 5.78. The second-order valence-corrected chi connectivity index (χ2v) is 5.69. The number of nitrogens with one attached hydrogen (secondary N) is 1. The first kappa shape index (κ1) is 16.5. The Bertz CT molecular complexity index is 925. The molecule has 0 spiro atoms. The maximum Gasteiger partial charge on any atom is 0.291 e. The van der Waals surface area contributed by atoms with E-state index in [0.29, 0.717) is 27.4 Å². The third kappa shape index (κ3) is 3.42. The van der Waals surface area contributed by atoms with E-state index >= 15 is 0 Å². The molecule has 122 valence electrons. The van der Waals surface area contributed by atoms with Crippen molar-refractivity contribution >= 4 is 34.8 Å². The lowest BCUT2D eigenvalue weighted by Gasteiger charge is -2.04. The Balaban J connectivity index is 1.82. The van der Waals surface area contributed by atoms with Gasteiger partial charge in [-0.05, 0) is 42.5 Å². The number of carbonyl (C=O) groups is 1. The van der Waals surface area contributed by atoms with Gasteiger partial charge in [0, 0.05) is 11.6 Å². The highest BCUT2D eigenvalue weighted by molar-refractivity contribution is 6.42. The minimum atomic E-state index is -0.875. The van der Waals surface area contributed by atoms with Gasteiger partial charge < -0.3 is 9.73 Å². The third-order valence-corrected chi connectivity index (χ3v) is 3.95. The van der Waals surface area contributed by atoms with Gasteiger partial charge in [0.15, 0.2) is 5.76 Å². The molecular formula is C17H9Cl2F2NO2. The first-order valence-corrected chi connectivity index (χ1v) is 7.51. The third-order valence-electron chi connectivity index (χ3n) is 3.21. The van der Waals surface area contributed by atoms with Crippen LogP contribution >= 0.6 is 23.2 Å². The molecule has 0 saturated heterocycles. The maximum absolute atomic E-state index is 13.6. The van der Waals surface area contributed by atoms with E-state index < -0.39 is 17.5 Å². The average molecular weight is 368 g/mol. The van der Waals surface area contributed by atoms with Crippen LogP contribution in [0.5, 0.6) is 0 Å². The van der Waals surface area contributed by atoms with E-state index in [1.54, 1.807) is 24.3 Å². The molecule has 1 amide bonds. The first-order chi connectivity index (χ1) is 11.4. The van der Waals surface area contributed by atoms with Crippen molar-refractivity contribution in [3.63, 3.8) is 0 Å². The molecule has 0 bridgehead atoms. The SMILES string of the molecule is O=C(Nc1ccc(F)cc1F)c1ccc(-c2ccc(Cl)c(Cl)c2)o1. The van der Waals surface area contributed by atoms with Crippen LogP contribution in [0.25, 0.3) is 11.3 Å². The van der Waals surface area contributed by atoms with E-state index in [1.807, 2.05) is 0 Å². The first-order valence-electron chi connectivity index (χ1n) is 6.76. The number of anilines is 1. The van der Waals surface area contributed by atoms with Gasteiger partial charge >= 0.3 is 0 Å². The van der Waals surface area contributed by atoms with Gasteiger partial charge in [-0.25, -0.2) is 8.78 Å². The van der Waals surface area contributed by atoms with E-state index in [4.69, 9.17) is 27.6 Å². The van der Waals surface area contributed by atoms with E-state index in [0.717, 1.165) is 12.1 Å². The van der Waals surface area contributed by atoms with Crippen molar-refractivity contribution in [2.75, 3.05) is 5.32 Å². The van der Waals surface area contributed by atoms with Crippen molar-refractivity contribution in [3.8, 4) is 11.3 Å². The summed E-state index contributed by atoms with van der Waals surface area (Å²) in [6, 6.07) is 10.8. The molecule has 3 nitrogen and oxygen atoms in total. The van der Waals surface area contributed by atoms with Crippen LogP contribution in [-0.4, -0.2) is 5.91 Å². The largest absolute Gasteiger partial charge is 0.451 e. The van der Waals surface area contributed by atoms with Gasteiger partial charge in [-0.3, -0.25) is 4.79 Å². The quantitative estimate of drug-likeness (QED) is 0.636. The number of hydrogen-bond donors (Lipinski definition) is 1. The second kappa shape index (κ2) is 6.63. The lowest BCUT2D eigenvalue weighted by Crippen LogP contribution is -2.12. The summed E-state index contributed by atoms with van der Waals surface area (Å²) >= 11 is 11.8. The Morgan fingerprint density at radius 2 is 1.75 bits per heavy atom. The standard InChI is InChI=1S/C17H9Cl2F2NO2/c18-11-3-1-9(7-12(11)19)15-5-6-16(24-15)17(23)22-14-4-2-10(20)8-13(14)21/h1-8H,(H,22,23). The molecule has 3 rings (SSSR count). The molecule has 7 heteroatoms. The lowest BCUT2D eigenvalue weighted by atomic mass is 10.2. The van der Waals surface area contributed by atoms with Crippen molar-refractivity contribution in [3.05, 3.63) is 76.0 Å². The number of hydrogen-bond acceptors (Lipinski definition) is 2. The second-order valence-electron chi connectivity index (χ2n) is 4.87. The molecule has 0 fully saturated rings. The summed E-state index contributed by atoms with van der Waals surface area (Å²) in [4.78, 5) is 12.1. The van der Waals surface area contributed by atoms with Crippen molar-refractivity contribution in [1.29, 1.82) is 0 Å². The summed E-state index contributed by atoms with van der Waals surface area (Å²) in [7, 11) is 0. The summed E-state index contributed by atoms with van der Waals surface area (Å²) in [6.07, 6.45) is 0. The van der Waals surface area contributed by atoms with Crippen LogP contribution in [0.4, 0.5) is 14.5 Å². The number of furan rings is 1. The van der Waals surface area contributed by atoms with Crippen LogP contribution in [0.3, 0.4) is 0 Å². The minimum absolute atomic E-state index is 0.0280. The maximum atomic E-state index is 13.6. The van der Waals surface area contributed by atoms with Crippen LogP contribution in [0.1, 0.15) is 10.6 Å². The number of rotatable bonds is 3. The normalized spacial score (nSPS) is 10.7. The number of carbonyl (C=O) groups excluding carboxylic acids is 1. The molecule has 0 aliphatic rings. The topological polar surface area (TPSA) is 42.2 Å². The number of benzene rings is 2. The monoisotopic (exact) mass is 367 g/mol. The molecule has 0 unspecified atom stereocenters. The predicted molar refractivity (Wildman–Crippen MR) is 88.5 cm³/mol. The van der Waals surface area contributed by atoms with Crippen LogP contribution in [0.2, 0.25) is 10.0 Å². The molecule has 0 aliphatic heterocycles. The molecule has 1 aromatic heterocycles. The lowest BCUT2D eigenvalue weighted by molar-refractivity contribution is 0.0997. The molecule has 3 aromatic rings. The smallest absolute Gasteiger partial charge is 0.291 e. The highest BCUT2D eigenvalue weighted by atomic mass is 35.5. The highest BCUT2D eigenvalue weighted by Gasteiger charge is 2.15. The Morgan fingerprint density at radius 3 is 2.46 bits per heavy atom. The fourth-order valence-electron chi connectivity index (χ4n) is 2.04. The zero-order valence-corrected chi connectivity index (χ0v) is 13.5. The van der Waals surface area contributed by atoms with Gasteiger partial charge in [-0.15, -0.1) is 0 Å². The molecule has 0 radical (unpaired) electrons. The van der Waals surface area contributed by atoms with Crippen LogP contribution in [0, 0.1) is 11.6 Å². The van der Waals surface area contributed by atoms with Crippen LogP contribution < -0.4 is 5.32 Å². The zero-order chi connectivity index (χ0) is 17.3. The number of amides is 1. The van der Waals surface area contributed by atoms with Gasteiger partial charge in [-0.1, -0.05) is 23.2 Å². The minimum Gasteiger partial charge on any atom is -0.451 e. The number of halogens is 4.